The van der Waals surface area contributed by atoms with Crippen LogP contribution < -0.4 is 10.2 Å². The first-order valence-corrected chi connectivity index (χ1v) is 8.93. The van der Waals surface area contributed by atoms with Crippen molar-refractivity contribution >= 4 is 29.8 Å². The van der Waals surface area contributed by atoms with Gasteiger partial charge in [0.15, 0.2) is 0 Å². The quantitative estimate of drug-likeness (QED) is 0.615. The summed E-state index contributed by atoms with van der Waals surface area (Å²) in [6, 6.07) is 8.92. The molecule has 3 rings (SSSR count). The minimum absolute atomic E-state index is 0.335. The van der Waals surface area contributed by atoms with Gasteiger partial charge in [-0.15, -0.1) is 0 Å². The average molecular weight is 369 g/mol. The van der Waals surface area contributed by atoms with Crippen molar-refractivity contribution in [3.05, 3.63) is 41.6 Å². The van der Waals surface area contributed by atoms with Gasteiger partial charge in [-0.1, -0.05) is 0 Å². The lowest BCUT2D eigenvalue weighted by molar-refractivity contribution is -0.118. The zero-order chi connectivity index (χ0) is 19.2. The first kappa shape index (κ1) is 18.6. The first-order chi connectivity index (χ1) is 13.1. The second-order valence-corrected chi connectivity index (χ2v) is 6.25. The topological polar surface area (TPSA) is 87.7 Å². The Morgan fingerprint density at radius 1 is 1.19 bits per heavy atom. The van der Waals surface area contributed by atoms with E-state index in [1.807, 2.05) is 25.1 Å². The van der Waals surface area contributed by atoms with Crippen LogP contribution in [-0.2, 0) is 9.53 Å². The summed E-state index contributed by atoms with van der Waals surface area (Å²) in [7, 11) is 0. The zero-order valence-corrected chi connectivity index (χ0v) is 15.5. The Labute approximate surface area is 158 Å². The van der Waals surface area contributed by atoms with Gasteiger partial charge in [-0.3, -0.25) is 4.79 Å². The summed E-state index contributed by atoms with van der Waals surface area (Å²) in [6.07, 6.45) is 0.876. The van der Waals surface area contributed by atoms with Crippen LogP contribution in [-0.4, -0.2) is 60.0 Å². The average Bonchev–Trinajstić information content (AvgIpc) is 2.68. The molecule has 0 saturated carbocycles. The molecule has 1 aromatic carbocycles. The second kappa shape index (κ2) is 8.48. The number of esters is 1. The van der Waals surface area contributed by atoms with Crippen LogP contribution in [0.5, 0.6) is 0 Å². The number of piperazine rings is 1. The normalized spacial score (nSPS) is 14.0. The van der Waals surface area contributed by atoms with E-state index in [1.165, 1.54) is 0 Å². The number of carbonyl (C=O) groups is 2. The van der Waals surface area contributed by atoms with Gasteiger partial charge in [0.2, 0.25) is 12.4 Å². The number of amides is 1. The molecule has 1 aromatic heterocycles. The molecule has 8 heteroatoms. The minimum Gasteiger partial charge on any atom is -0.462 e. The summed E-state index contributed by atoms with van der Waals surface area (Å²) in [5, 5.41) is 3.25. The van der Waals surface area contributed by atoms with Crippen LogP contribution in [0.25, 0.3) is 0 Å². The number of nitrogens with one attached hydrogen (secondary N) is 1. The van der Waals surface area contributed by atoms with Crippen LogP contribution in [0.3, 0.4) is 0 Å². The summed E-state index contributed by atoms with van der Waals surface area (Å²) in [5.41, 5.74) is 2.18. The molecule has 0 radical (unpaired) electrons. The maximum Gasteiger partial charge on any atom is 0.338 e. The largest absolute Gasteiger partial charge is 0.462 e. The van der Waals surface area contributed by atoms with Gasteiger partial charge in [0.1, 0.15) is 5.82 Å². The van der Waals surface area contributed by atoms with Crippen LogP contribution in [0, 0.1) is 6.92 Å². The number of rotatable bonds is 6. The van der Waals surface area contributed by atoms with Gasteiger partial charge in [-0.05, 0) is 38.1 Å². The van der Waals surface area contributed by atoms with Crippen LogP contribution in [0.15, 0.2) is 30.3 Å². The molecule has 1 fully saturated rings. The van der Waals surface area contributed by atoms with E-state index >= 15 is 0 Å². The molecule has 1 amide bonds. The number of aromatic nitrogens is 2. The summed E-state index contributed by atoms with van der Waals surface area (Å²) >= 11 is 0. The Bertz CT molecular complexity index is 801. The Morgan fingerprint density at radius 2 is 1.89 bits per heavy atom. The van der Waals surface area contributed by atoms with Gasteiger partial charge in [-0.25, -0.2) is 9.78 Å². The minimum atomic E-state index is -0.335. The van der Waals surface area contributed by atoms with Crippen molar-refractivity contribution in [1.82, 2.24) is 14.9 Å². The number of hydrogen-bond acceptors (Lipinski definition) is 7. The Morgan fingerprint density at radius 3 is 2.52 bits per heavy atom. The molecule has 1 N–H and O–H groups in total. The van der Waals surface area contributed by atoms with Crippen molar-refractivity contribution in [3.63, 3.8) is 0 Å². The van der Waals surface area contributed by atoms with Gasteiger partial charge in [0, 0.05) is 43.6 Å². The molecule has 0 unspecified atom stereocenters. The third kappa shape index (κ3) is 4.72. The highest BCUT2D eigenvalue weighted by molar-refractivity contribution is 5.89. The van der Waals surface area contributed by atoms with E-state index in [0.29, 0.717) is 50.1 Å². The lowest BCUT2D eigenvalue weighted by Gasteiger charge is -2.32. The van der Waals surface area contributed by atoms with Crippen molar-refractivity contribution in [2.45, 2.75) is 13.8 Å². The predicted molar refractivity (Wildman–Crippen MR) is 102 cm³/mol. The third-order valence-electron chi connectivity index (χ3n) is 4.26. The lowest BCUT2D eigenvalue weighted by atomic mass is 10.2. The molecular weight excluding hydrogens is 346 g/mol. The number of ether oxygens (including phenoxy) is 1. The lowest BCUT2D eigenvalue weighted by Crippen LogP contribution is -2.46. The molecule has 2 aromatic rings. The van der Waals surface area contributed by atoms with Crippen molar-refractivity contribution in [2.24, 2.45) is 0 Å². The Kier molecular flexibility index (Phi) is 5.85. The SMILES string of the molecule is CCOC(=O)c1ccc(Nc2cc(C)nc(N3CCN(C=O)CC3)n2)cc1. The number of aryl methyl sites for hydroxylation is 1. The first-order valence-electron chi connectivity index (χ1n) is 8.93. The summed E-state index contributed by atoms with van der Waals surface area (Å²) in [4.78, 5) is 35.5. The zero-order valence-electron chi connectivity index (χ0n) is 15.5. The Balaban J connectivity index is 1.71. The molecule has 0 bridgehead atoms. The summed E-state index contributed by atoms with van der Waals surface area (Å²) in [5.74, 6) is 0.990. The van der Waals surface area contributed by atoms with E-state index in [-0.39, 0.29) is 5.97 Å². The predicted octanol–water partition coefficient (Wildman–Crippen LogP) is 1.98. The summed E-state index contributed by atoms with van der Waals surface area (Å²) in [6.45, 7) is 6.79. The molecule has 2 heterocycles. The van der Waals surface area contributed by atoms with E-state index in [4.69, 9.17) is 4.74 Å². The van der Waals surface area contributed by atoms with Gasteiger partial charge in [0.25, 0.3) is 0 Å². The molecule has 1 aliphatic rings. The number of carbonyl (C=O) groups excluding carboxylic acids is 2. The van der Waals surface area contributed by atoms with E-state index in [1.54, 1.807) is 24.0 Å². The van der Waals surface area contributed by atoms with Crippen LogP contribution in [0.2, 0.25) is 0 Å². The monoisotopic (exact) mass is 369 g/mol. The molecule has 8 nitrogen and oxygen atoms in total. The van der Waals surface area contributed by atoms with Crippen LogP contribution >= 0.6 is 0 Å². The second-order valence-electron chi connectivity index (χ2n) is 6.25. The van der Waals surface area contributed by atoms with Crippen molar-refractivity contribution in [2.75, 3.05) is 43.0 Å². The molecule has 0 aliphatic carbocycles. The highest BCUT2D eigenvalue weighted by Crippen LogP contribution is 2.20. The van der Waals surface area contributed by atoms with Crippen LogP contribution in [0.1, 0.15) is 23.0 Å². The van der Waals surface area contributed by atoms with Crippen molar-refractivity contribution in [1.29, 1.82) is 0 Å². The van der Waals surface area contributed by atoms with Crippen molar-refractivity contribution < 1.29 is 14.3 Å². The molecule has 142 valence electrons. The van der Waals surface area contributed by atoms with Gasteiger partial charge < -0.3 is 19.9 Å². The van der Waals surface area contributed by atoms with E-state index in [9.17, 15) is 9.59 Å². The number of nitrogens with zero attached hydrogens (tertiary/aromatic N) is 4. The van der Waals surface area contributed by atoms with Gasteiger partial charge in [0.05, 0.1) is 12.2 Å². The number of anilines is 3. The molecule has 1 saturated heterocycles. The van der Waals surface area contributed by atoms with Gasteiger partial charge >= 0.3 is 5.97 Å². The number of hydrogen-bond donors (Lipinski definition) is 1. The maximum absolute atomic E-state index is 11.7. The fourth-order valence-corrected chi connectivity index (χ4v) is 2.84. The summed E-state index contributed by atoms with van der Waals surface area (Å²) < 4.78 is 4.99. The maximum atomic E-state index is 11.7. The molecule has 27 heavy (non-hydrogen) atoms. The molecule has 1 aliphatic heterocycles. The van der Waals surface area contributed by atoms with E-state index in [0.717, 1.165) is 17.8 Å². The van der Waals surface area contributed by atoms with Gasteiger partial charge in [-0.2, -0.15) is 4.98 Å². The van der Waals surface area contributed by atoms with E-state index < -0.39 is 0 Å². The smallest absolute Gasteiger partial charge is 0.338 e. The Hall–Kier alpha value is -3.16. The highest BCUT2D eigenvalue weighted by atomic mass is 16.5. The fourth-order valence-electron chi connectivity index (χ4n) is 2.84. The molecule has 0 atom stereocenters. The molecule has 0 spiro atoms. The third-order valence-corrected chi connectivity index (χ3v) is 4.26. The standard InChI is InChI=1S/C19H23N5O3/c1-3-27-18(26)15-4-6-16(7-5-15)21-17-12-14(2)20-19(22-17)24-10-8-23(13-25)9-11-24/h4-7,12-13H,3,8-11H2,1-2H3,(H,20,21,22). The van der Waals surface area contributed by atoms with E-state index in [2.05, 4.69) is 20.2 Å². The van der Waals surface area contributed by atoms with Crippen LogP contribution in [0.4, 0.5) is 17.5 Å². The highest BCUT2D eigenvalue weighted by Gasteiger charge is 2.18. The van der Waals surface area contributed by atoms with Crippen molar-refractivity contribution in [3.8, 4) is 0 Å². The fraction of sp³-hybridized carbons (Fsp3) is 0.368. The molecular formula is C19H23N5O3. The number of benzene rings is 1.